The maximum atomic E-state index is 7.83. The summed E-state index contributed by atoms with van der Waals surface area (Å²) in [7, 11) is 0. The predicted molar refractivity (Wildman–Crippen MR) is 83.9 cm³/mol. The number of hydrogen-bond acceptors (Lipinski definition) is 3. The number of nitrogens with zero attached hydrogens (tertiary/aromatic N) is 3. The van der Waals surface area contributed by atoms with E-state index in [1.165, 1.54) is 0 Å². The van der Waals surface area contributed by atoms with Gasteiger partial charge in [0.2, 0.25) is 0 Å². The zero-order valence-corrected chi connectivity index (χ0v) is 11.9. The Labute approximate surface area is 123 Å². The molecule has 5 heteroatoms. The third-order valence-electron chi connectivity index (χ3n) is 3.47. The van der Waals surface area contributed by atoms with E-state index in [-0.39, 0.29) is 5.84 Å². The van der Waals surface area contributed by atoms with Gasteiger partial charge in [0, 0.05) is 30.4 Å². The van der Waals surface area contributed by atoms with Crippen LogP contribution in [0.1, 0.15) is 24.7 Å². The summed E-state index contributed by atoms with van der Waals surface area (Å²) in [4.78, 5) is 8.81. The van der Waals surface area contributed by atoms with Crippen molar-refractivity contribution in [3.05, 3.63) is 54.2 Å². The van der Waals surface area contributed by atoms with Crippen LogP contribution in [-0.4, -0.2) is 20.4 Å². The van der Waals surface area contributed by atoms with Gasteiger partial charge in [-0.2, -0.15) is 0 Å². The zero-order valence-electron chi connectivity index (χ0n) is 11.9. The second-order valence-corrected chi connectivity index (χ2v) is 4.91. The van der Waals surface area contributed by atoms with Crippen LogP contribution in [0.5, 0.6) is 0 Å². The molecule has 1 aromatic carbocycles. The van der Waals surface area contributed by atoms with Gasteiger partial charge in [-0.25, -0.2) is 4.98 Å². The van der Waals surface area contributed by atoms with E-state index in [0.29, 0.717) is 5.56 Å². The number of hydrogen-bond donors (Lipinski definition) is 2. The largest absolute Gasteiger partial charge is 0.384 e. The van der Waals surface area contributed by atoms with Crippen LogP contribution in [-0.2, 0) is 6.42 Å². The monoisotopic (exact) mass is 279 g/mol. The molecule has 0 bridgehead atoms. The Bertz CT molecular complexity index is 803. The Balaban J connectivity index is 2.35. The molecule has 0 fully saturated rings. The van der Waals surface area contributed by atoms with E-state index >= 15 is 0 Å². The number of pyridine rings is 1. The quantitative estimate of drug-likeness (QED) is 0.569. The second kappa shape index (κ2) is 5.36. The van der Waals surface area contributed by atoms with Crippen LogP contribution in [0.3, 0.4) is 0 Å². The standard InChI is InChI=1S/C16H17N5/c1-2-5-14-19-8-9-21(14)15-11-6-3-4-7-13(11)20-10-12(15)16(17)18/h3-4,6-10H,2,5H2,1H3,(H3,17,18). The number of aromatic nitrogens is 3. The summed E-state index contributed by atoms with van der Waals surface area (Å²) < 4.78 is 2.02. The Morgan fingerprint density at radius 3 is 2.86 bits per heavy atom. The maximum Gasteiger partial charge on any atom is 0.126 e. The molecule has 0 amide bonds. The number of imidazole rings is 1. The zero-order chi connectivity index (χ0) is 14.8. The van der Waals surface area contributed by atoms with Crippen molar-refractivity contribution in [2.75, 3.05) is 0 Å². The highest BCUT2D eigenvalue weighted by Crippen LogP contribution is 2.25. The number of rotatable bonds is 4. The van der Waals surface area contributed by atoms with E-state index in [4.69, 9.17) is 11.1 Å². The lowest BCUT2D eigenvalue weighted by atomic mass is 10.1. The molecular weight excluding hydrogens is 262 g/mol. The molecule has 0 radical (unpaired) electrons. The highest BCUT2D eigenvalue weighted by atomic mass is 15.1. The van der Waals surface area contributed by atoms with Crippen molar-refractivity contribution in [2.45, 2.75) is 19.8 Å². The summed E-state index contributed by atoms with van der Waals surface area (Å²) in [5, 5.41) is 8.80. The lowest BCUT2D eigenvalue weighted by Crippen LogP contribution is -2.16. The fourth-order valence-corrected chi connectivity index (χ4v) is 2.53. The molecule has 3 aromatic rings. The number of nitrogen functional groups attached to an aromatic ring is 1. The lowest BCUT2D eigenvalue weighted by molar-refractivity contribution is 0.810. The summed E-state index contributed by atoms with van der Waals surface area (Å²) in [5.41, 5.74) is 8.14. The van der Waals surface area contributed by atoms with Crippen molar-refractivity contribution in [2.24, 2.45) is 5.73 Å². The van der Waals surface area contributed by atoms with E-state index < -0.39 is 0 Å². The smallest absolute Gasteiger partial charge is 0.126 e. The molecule has 0 saturated carbocycles. The van der Waals surface area contributed by atoms with Crippen LogP contribution >= 0.6 is 0 Å². The molecule has 0 atom stereocenters. The Hall–Kier alpha value is -2.69. The molecule has 5 nitrogen and oxygen atoms in total. The number of nitrogens with one attached hydrogen (secondary N) is 1. The van der Waals surface area contributed by atoms with Gasteiger partial charge in [0.15, 0.2) is 0 Å². The molecule has 0 spiro atoms. The van der Waals surface area contributed by atoms with Crippen LogP contribution in [0.15, 0.2) is 42.9 Å². The summed E-state index contributed by atoms with van der Waals surface area (Å²) in [6, 6.07) is 7.88. The molecule has 2 heterocycles. The number of para-hydroxylation sites is 1. The lowest BCUT2D eigenvalue weighted by Gasteiger charge is -2.14. The SMILES string of the molecule is CCCc1nccn1-c1c(C(=N)N)cnc2ccccc12. The van der Waals surface area contributed by atoms with Crippen molar-refractivity contribution < 1.29 is 0 Å². The molecule has 0 unspecified atom stereocenters. The van der Waals surface area contributed by atoms with Gasteiger partial charge in [0.25, 0.3) is 0 Å². The molecule has 0 aliphatic rings. The molecule has 2 aromatic heterocycles. The van der Waals surface area contributed by atoms with Gasteiger partial charge in [-0.3, -0.25) is 10.4 Å². The van der Waals surface area contributed by atoms with Gasteiger partial charge in [0.1, 0.15) is 11.7 Å². The van der Waals surface area contributed by atoms with Crippen molar-refractivity contribution in [1.82, 2.24) is 14.5 Å². The van der Waals surface area contributed by atoms with Crippen molar-refractivity contribution >= 4 is 16.7 Å². The van der Waals surface area contributed by atoms with E-state index in [2.05, 4.69) is 16.9 Å². The van der Waals surface area contributed by atoms with Crippen LogP contribution in [0.2, 0.25) is 0 Å². The Kier molecular flexibility index (Phi) is 3.39. The topological polar surface area (TPSA) is 80.6 Å². The van der Waals surface area contributed by atoms with Crippen LogP contribution in [0.4, 0.5) is 0 Å². The fraction of sp³-hybridized carbons (Fsp3) is 0.188. The molecule has 0 aliphatic carbocycles. The minimum absolute atomic E-state index is 0.0133. The summed E-state index contributed by atoms with van der Waals surface area (Å²) in [5.74, 6) is 0.982. The third kappa shape index (κ3) is 2.27. The summed E-state index contributed by atoms with van der Waals surface area (Å²) in [6.07, 6.45) is 7.25. The normalized spacial score (nSPS) is 10.9. The molecule has 3 rings (SSSR count). The number of nitrogens with two attached hydrogens (primary N) is 1. The van der Waals surface area contributed by atoms with E-state index in [1.807, 2.05) is 35.0 Å². The van der Waals surface area contributed by atoms with Crippen LogP contribution in [0.25, 0.3) is 16.6 Å². The molecule has 106 valence electrons. The minimum atomic E-state index is 0.0133. The summed E-state index contributed by atoms with van der Waals surface area (Å²) >= 11 is 0. The van der Waals surface area contributed by atoms with Gasteiger partial charge in [-0.05, 0) is 12.5 Å². The molecule has 0 saturated heterocycles. The average molecular weight is 279 g/mol. The van der Waals surface area contributed by atoms with Gasteiger partial charge in [-0.1, -0.05) is 25.1 Å². The number of aryl methyl sites for hydroxylation is 1. The van der Waals surface area contributed by atoms with Gasteiger partial charge < -0.3 is 10.3 Å². The number of amidine groups is 1. The highest BCUT2D eigenvalue weighted by molar-refractivity contribution is 6.04. The third-order valence-corrected chi connectivity index (χ3v) is 3.47. The van der Waals surface area contributed by atoms with Gasteiger partial charge in [-0.15, -0.1) is 0 Å². The van der Waals surface area contributed by atoms with Crippen molar-refractivity contribution in [1.29, 1.82) is 5.41 Å². The Morgan fingerprint density at radius 1 is 1.29 bits per heavy atom. The maximum absolute atomic E-state index is 7.83. The van der Waals surface area contributed by atoms with E-state index in [0.717, 1.165) is 35.3 Å². The molecule has 0 aliphatic heterocycles. The van der Waals surface area contributed by atoms with E-state index in [1.54, 1.807) is 12.4 Å². The Morgan fingerprint density at radius 2 is 2.10 bits per heavy atom. The first-order chi connectivity index (χ1) is 10.2. The number of benzene rings is 1. The van der Waals surface area contributed by atoms with Crippen molar-refractivity contribution in [3.63, 3.8) is 0 Å². The molecule has 3 N–H and O–H groups in total. The molecular formula is C16H17N5. The van der Waals surface area contributed by atoms with Crippen molar-refractivity contribution in [3.8, 4) is 5.69 Å². The highest BCUT2D eigenvalue weighted by Gasteiger charge is 2.15. The summed E-state index contributed by atoms with van der Waals surface area (Å²) in [6.45, 7) is 2.12. The fourth-order valence-electron chi connectivity index (χ4n) is 2.53. The first-order valence-corrected chi connectivity index (χ1v) is 6.97. The number of fused-ring (bicyclic) bond motifs is 1. The van der Waals surface area contributed by atoms with Gasteiger partial charge in [0.05, 0.1) is 16.8 Å². The average Bonchev–Trinajstić information content (AvgIpc) is 2.94. The second-order valence-electron chi connectivity index (χ2n) is 4.91. The van der Waals surface area contributed by atoms with Gasteiger partial charge >= 0.3 is 0 Å². The minimum Gasteiger partial charge on any atom is -0.384 e. The predicted octanol–water partition coefficient (Wildman–Crippen LogP) is 2.66. The molecule has 21 heavy (non-hydrogen) atoms. The van der Waals surface area contributed by atoms with Crippen LogP contribution in [0, 0.1) is 5.41 Å². The van der Waals surface area contributed by atoms with Crippen LogP contribution < -0.4 is 5.73 Å². The first-order valence-electron chi connectivity index (χ1n) is 6.97. The van der Waals surface area contributed by atoms with E-state index in [9.17, 15) is 0 Å². The first kappa shape index (κ1) is 13.3.